The largest absolute Gasteiger partial charge is 0.368 e. The Labute approximate surface area is 117 Å². The average molecular weight is 270 g/mol. The molecule has 0 bridgehead atoms. The van der Waals surface area contributed by atoms with Crippen LogP contribution in [0.25, 0.3) is 0 Å². The number of nitrogens with one attached hydrogen (secondary N) is 1. The summed E-state index contributed by atoms with van der Waals surface area (Å²) in [5.41, 5.74) is 5.17. The summed E-state index contributed by atoms with van der Waals surface area (Å²) in [4.78, 5) is 23.5. The minimum Gasteiger partial charge on any atom is -0.368 e. The molecule has 0 radical (unpaired) electrons. The number of nitrogens with two attached hydrogens (primary N) is 1. The summed E-state index contributed by atoms with van der Waals surface area (Å²) in [6, 6.07) is -0.627. The van der Waals surface area contributed by atoms with Gasteiger partial charge in [0.05, 0.1) is 0 Å². The molecule has 4 nitrogen and oxygen atoms in total. The minimum atomic E-state index is -0.627. The summed E-state index contributed by atoms with van der Waals surface area (Å²) in [7, 11) is 0. The molecule has 3 N–H and O–H groups in total. The summed E-state index contributed by atoms with van der Waals surface area (Å²) in [5.74, 6) is -0.314. The maximum Gasteiger partial charge on any atom is 0.240 e. The van der Waals surface area contributed by atoms with E-state index in [9.17, 15) is 9.59 Å². The Morgan fingerprint density at radius 1 is 1.11 bits per heavy atom. The van der Waals surface area contributed by atoms with Gasteiger partial charge in [-0.05, 0) is 23.2 Å². The van der Waals surface area contributed by atoms with Gasteiger partial charge in [0, 0.05) is 6.42 Å². The first-order chi connectivity index (χ1) is 8.35. The van der Waals surface area contributed by atoms with Crippen LogP contribution in [0.1, 0.15) is 61.3 Å². The van der Waals surface area contributed by atoms with Gasteiger partial charge in [-0.2, -0.15) is 0 Å². The predicted octanol–water partition coefficient (Wildman–Crippen LogP) is 2.46. The summed E-state index contributed by atoms with van der Waals surface area (Å²) < 4.78 is 0. The molecule has 0 heterocycles. The van der Waals surface area contributed by atoms with E-state index in [0.717, 1.165) is 6.42 Å². The van der Waals surface area contributed by atoms with Crippen LogP contribution in [0.2, 0.25) is 0 Å². The number of carbonyl (C=O) groups is 2. The zero-order valence-corrected chi connectivity index (χ0v) is 13.5. The first kappa shape index (κ1) is 17.9. The monoisotopic (exact) mass is 270 g/mol. The number of rotatable bonds is 6. The lowest BCUT2D eigenvalue weighted by Crippen LogP contribution is -2.54. The third-order valence-corrected chi connectivity index (χ3v) is 2.95. The number of primary amides is 1. The van der Waals surface area contributed by atoms with Crippen molar-refractivity contribution in [3.63, 3.8) is 0 Å². The first-order valence-electron chi connectivity index (χ1n) is 6.94. The van der Waals surface area contributed by atoms with E-state index in [2.05, 4.69) is 26.1 Å². The van der Waals surface area contributed by atoms with Crippen molar-refractivity contribution in [1.82, 2.24) is 5.32 Å². The molecule has 112 valence electrons. The molecule has 0 spiro atoms. The molecular weight excluding hydrogens is 240 g/mol. The van der Waals surface area contributed by atoms with Gasteiger partial charge in [0.15, 0.2) is 0 Å². The van der Waals surface area contributed by atoms with Crippen LogP contribution in [0.15, 0.2) is 0 Å². The first-order valence-corrected chi connectivity index (χ1v) is 6.94. The Balaban J connectivity index is 4.91. The standard InChI is InChI=1S/C15H30N2O2/c1-10(2)8-11(18)17-12(13(16)19)15(6,7)9-14(3,4)5/h10,12H,8-9H2,1-7H3,(H2,16,19)(H,17,18). The fourth-order valence-corrected chi connectivity index (χ4v) is 2.71. The van der Waals surface area contributed by atoms with Gasteiger partial charge < -0.3 is 11.1 Å². The van der Waals surface area contributed by atoms with Crippen LogP contribution in [0.5, 0.6) is 0 Å². The molecule has 0 fully saturated rings. The van der Waals surface area contributed by atoms with Crippen molar-refractivity contribution < 1.29 is 9.59 Å². The van der Waals surface area contributed by atoms with Crippen molar-refractivity contribution >= 4 is 11.8 Å². The van der Waals surface area contributed by atoms with E-state index in [1.807, 2.05) is 27.7 Å². The van der Waals surface area contributed by atoms with E-state index in [4.69, 9.17) is 5.73 Å². The van der Waals surface area contributed by atoms with Crippen LogP contribution in [-0.4, -0.2) is 17.9 Å². The van der Waals surface area contributed by atoms with Crippen molar-refractivity contribution in [2.75, 3.05) is 0 Å². The quantitative estimate of drug-likeness (QED) is 0.778. The third-order valence-electron chi connectivity index (χ3n) is 2.95. The summed E-state index contributed by atoms with van der Waals surface area (Å²) in [5, 5.41) is 2.80. The topological polar surface area (TPSA) is 72.2 Å². The normalized spacial score (nSPS) is 14.3. The van der Waals surface area contributed by atoms with Crippen LogP contribution >= 0.6 is 0 Å². The molecule has 0 aromatic heterocycles. The van der Waals surface area contributed by atoms with Crippen molar-refractivity contribution in [3.8, 4) is 0 Å². The second-order valence-electron chi connectivity index (χ2n) is 7.73. The van der Waals surface area contributed by atoms with Crippen LogP contribution < -0.4 is 11.1 Å². The summed E-state index contributed by atoms with van der Waals surface area (Å²) in [6.07, 6.45) is 1.21. The predicted molar refractivity (Wildman–Crippen MR) is 78.4 cm³/mol. The van der Waals surface area contributed by atoms with Crippen molar-refractivity contribution in [2.24, 2.45) is 22.5 Å². The number of amides is 2. The minimum absolute atomic E-state index is 0.0694. The van der Waals surface area contributed by atoms with E-state index < -0.39 is 11.9 Å². The molecular formula is C15H30N2O2. The van der Waals surface area contributed by atoms with Gasteiger partial charge in [-0.1, -0.05) is 48.5 Å². The molecule has 2 amide bonds. The highest BCUT2D eigenvalue weighted by atomic mass is 16.2. The van der Waals surface area contributed by atoms with Gasteiger partial charge in [-0.15, -0.1) is 0 Å². The van der Waals surface area contributed by atoms with Gasteiger partial charge in [-0.25, -0.2) is 0 Å². The van der Waals surface area contributed by atoms with Gasteiger partial charge in [0.25, 0.3) is 0 Å². The number of hydrogen-bond donors (Lipinski definition) is 2. The molecule has 0 aliphatic heterocycles. The molecule has 0 aromatic rings. The average Bonchev–Trinajstić information content (AvgIpc) is 2.07. The Morgan fingerprint density at radius 3 is 1.89 bits per heavy atom. The van der Waals surface area contributed by atoms with Crippen LogP contribution in [0.3, 0.4) is 0 Å². The Morgan fingerprint density at radius 2 is 1.58 bits per heavy atom. The molecule has 1 unspecified atom stereocenters. The van der Waals surface area contributed by atoms with Gasteiger partial charge in [0.1, 0.15) is 6.04 Å². The van der Waals surface area contributed by atoms with Crippen molar-refractivity contribution in [1.29, 1.82) is 0 Å². The second kappa shape index (κ2) is 6.40. The fraction of sp³-hybridized carbons (Fsp3) is 0.867. The second-order valence-corrected chi connectivity index (χ2v) is 7.73. The van der Waals surface area contributed by atoms with Gasteiger partial charge in [-0.3, -0.25) is 9.59 Å². The van der Waals surface area contributed by atoms with Gasteiger partial charge >= 0.3 is 0 Å². The molecule has 0 saturated heterocycles. The molecule has 1 atom stereocenters. The highest BCUT2D eigenvalue weighted by Crippen LogP contribution is 2.35. The maximum atomic E-state index is 11.9. The zero-order valence-electron chi connectivity index (χ0n) is 13.5. The molecule has 19 heavy (non-hydrogen) atoms. The molecule has 0 aliphatic carbocycles. The Bertz CT molecular complexity index is 328. The van der Waals surface area contributed by atoms with Crippen LogP contribution in [-0.2, 0) is 9.59 Å². The van der Waals surface area contributed by atoms with E-state index >= 15 is 0 Å². The van der Waals surface area contributed by atoms with E-state index in [-0.39, 0.29) is 22.7 Å². The lowest BCUT2D eigenvalue weighted by Gasteiger charge is -2.37. The van der Waals surface area contributed by atoms with E-state index in [1.54, 1.807) is 0 Å². The van der Waals surface area contributed by atoms with Crippen LogP contribution in [0, 0.1) is 16.7 Å². The number of carbonyl (C=O) groups excluding carboxylic acids is 2. The SMILES string of the molecule is CC(C)CC(=O)NC(C(N)=O)C(C)(C)CC(C)(C)C. The van der Waals surface area contributed by atoms with E-state index in [0.29, 0.717) is 6.42 Å². The Hall–Kier alpha value is -1.06. The highest BCUT2D eigenvalue weighted by Gasteiger charge is 2.37. The van der Waals surface area contributed by atoms with Crippen molar-refractivity contribution in [3.05, 3.63) is 0 Å². The summed E-state index contributed by atoms with van der Waals surface area (Å²) >= 11 is 0. The lowest BCUT2D eigenvalue weighted by molar-refractivity contribution is -0.130. The smallest absolute Gasteiger partial charge is 0.240 e. The maximum absolute atomic E-state index is 11.9. The molecule has 0 rings (SSSR count). The molecule has 0 aliphatic rings. The zero-order chi connectivity index (χ0) is 15.4. The van der Waals surface area contributed by atoms with Crippen molar-refractivity contribution in [2.45, 2.75) is 67.3 Å². The fourth-order valence-electron chi connectivity index (χ4n) is 2.71. The van der Waals surface area contributed by atoms with E-state index in [1.165, 1.54) is 0 Å². The lowest BCUT2D eigenvalue weighted by atomic mass is 9.71. The number of hydrogen-bond acceptors (Lipinski definition) is 2. The van der Waals surface area contributed by atoms with Gasteiger partial charge in [0.2, 0.25) is 11.8 Å². The third kappa shape index (κ3) is 7.19. The molecule has 0 saturated carbocycles. The molecule has 4 heteroatoms. The Kier molecular flexibility index (Phi) is 6.04. The van der Waals surface area contributed by atoms with Crippen LogP contribution in [0.4, 0.5) is 0 Å². The summed E-state index contributed by atoms with van der Waals surface area (Å²) in [6.45, 7) is 14.2. The molecule has 0 aromatic carbocycles. The highest BCUT2D eigenvalue weighted by molar-refractivity contribution is 5.87.